The Morgan fingerprint density at radius 2 is 1.67 bits per heavy atom. The van der Waals surface area contributed by atoms with Gasteiger partial charge in [0.25, 0.3) is 5.56 Å². The highest BCUT2D eigenvalue weighted by Gasteiger charge is 2.25. The van der Waals surface area contributed by atoms with Gasteiger partial charge in [0.15, 0.2) is 16.9 Å². The zero-order valence-corrected chi connectivity index (χ0v) is 18.8. The minimum atomic E-state index is -0.876. The number of aryl methyl sites for hydroxylation is 2. The zero-order valence-electron chi connectivity index (χ0n) is 18.8. The molecule has 8 nitrogen and oxygen atoms in total. The average molecular weight is 441 g/mol. The van der Waals surface area contributed by atoms with Gasteiger partial charge in [-0.05, 0) is 32.9 Å². The first-order chi connectivity index (χ1) is 15.8. The summed E-state index contributed by atoms with van der Waals surface area (Å²) >= 11 is 0. The number of aromatic nitrogens is 5. The predicted octanol–water partition coefficient (Wildman–Crippen LogP) is 3.26. The molecule has 8 heteroatoms. The molecule has 2 aromatic carbocycles. The number of carbonyl (C=O) groups is 1. The molecule has 0 saturated heterocycles. The van der Waals surface area contributed by atoms with Crippen LogP contribution in [0.25, 0.3) is 33.9 Å². The van der Waals surface area contributed by atoms with Crippen LogP contribution in [0.1, 0.15) is 25.5 Å². The summed E-state index contributed by atoms with van der Waals surface area (Å²) in [5.74, 6) is 0.240. The fourth-order valence-electron chi connectivity index (χ4n) is 4.15. The maximum Gasteiger partial charge on any atom is 0.333 e. The first-order valence-corrected chi connectivity index (χ1v) is 10.7. The van der Waals surface area contributed by atoms with Crippen molar-refractivity contribution < 1.29 is 4.79 Å². The van der Waals surface area contributed by atoms with E-state index in [0.29, 0.717) is 5.78 Å². The Morgan fingerprint density at radius 3 is 2.30 bits per heavy atom. The van der Waals surface area contributed by atoms with Gasteiger partial charge in [0.1, 0.15) is 0 Å². The largest absolute Gasteiger partial charge is 0.333 e. The lowest BCUT2D eigenvalue weighted by Crippen LogP contribution is -2.42. The van der Waals surface area contributed by atoms with Gasteiger partial charge in [0, 0.05) is 24.5 Å². The fourth-order valence-corrected chi connectivity index (χ4v) is 4.15. The van der Waals surface area contributed by atoms with E-state index in [4.69, 9.17) is 4.98 Å². The number of carbonyl (C=O) groups excluding carboxylic acids is 1. The van der Waals surface area contributed by atoms with E-state index < -0.39 is 17.3 Å². The van der Waals surface area contributed by atoms with Gasteiger partial charge in [-0.15, -0.1) is 0 Å². The quantitative estimate of drug-likeness (QED) is 0.429. The predicted molar refractivity (Wildman–Crippen MR) is 127 cm³/mol. The molecule has 0 radical (unpaired) electrons. The van der Waals surface area contributed by atoms with Crippen LogP contribution in [0.3, 0.4) is 0 Å². The Morgan fingerprint density at radius 1 is 1.00 bits per heavy atom. The first-order valence-electron chi connectivity index (χ1n) is 10.7. The minimum absolute atomic E-state index is 0.253. The molecular formula is C25H23N5O3. The van der Waals surface area contributed by atoms with Gasteiger partial charge in [-0.25, -0.2) is 9.36 Å². The van der Waals surface area contributed by atoms with E-state index in [2.05, 4.69) is 0 Å². The van der Waals surface area contributed by atoms with Crippen LogP contribution in [0.2, 0.25) is 0 Å². The van der Waals surface area contributed by atoms with Crippen LogP contribution in [0.5, 0.6) is 0 Å². The summed E-state index contributed by atoms with van der Waals surface area (Å²) in [6.45, 7) is 4.95. The van der Waals surface area contributed by atoms with E-state index in [1.807, 2.05) is 72.3 Å². The van der Waals surface area contributed by atoms with Crippen LogP contribution >= 0.6 is 0 Å². The number of Topliss-reactive ketones (excluding diaryl/α,β-unsaturated/α-hetero) is 1. The topological polar surface area (TPSA) is 83.3 Å². The Hall–Kier alpha value is -4.20. The van der Waals surface area contributed by atoms with Gasteiger partial charge in [0.2, 0.25) is 5.78 Å². The maximum atomic E-state index is 13.5. The fraction of sp³-hybridized carbons (Fsp3) is 0.200. The second-order valence-corrected chi connectivity index (χ2v) is 8.31. The van der Waals surface area contributed by atoms with Crippen molar-refractivity contribution in [2.45, 2.75) is 26.8 Å². The Kier molecular flexibility index (Phi) is 4.67. The van der Waals surface area contributed by atoms with Crippen molar-refractivity contribution in [2.24, 2.45) is 7.05 Å². The summed E-state index contributed by atoms with van der Waals surface area (Å²) in [4.78, 5) is 43.2. The van der Waals surface area contributed by atoms with Gasteiger partial charge in [-0.1, -0.05) is 48.0 Å². The lowest BCUT2D eigenvalue weighted by molar-refractivity contribution is -0.119. The van der Waals surface area contributed by atoms with Gasteiger partial charge in [-0.3, -0.25) is 23.1 Å². The van der Waals surface area contributed by atoms with Crippen LogP contribution < -0.4 is 11.2 Å². The van der Waals surface area contributed by atoms with Crippen LogP contribution in [-0.2, 0) is 11.8 Å². The molecule has 0 bridgehead atoms. The summed E-state index contributed by atoms with van der Waals surface area (Å²) in [7, 11) is 1.56. The number of ketones is 1. The third-order valence-corrected chi connectivity index (χ3v) is 6.14. The zero-order chi connectivity index (χ0) is 23.4. The summed E-state index contributed by atoms with van der Waals surface area (Å²) < 4.78 is 6.01. The van der Waals surface area contributed by atoms with Crippen molar-refractivity contribution in [1.29, 1.82) is 0 Å². The molecule has 1 unspecified atom stereocenters. The number of nitrogens with zero attached hydrogens (tertiary/aromatic N) is 5. The number of benzene rings is 2. The van der Waals surface area contributed by atoms with Gasteiger partial charge in [-0.2, -0.15) is 4.98 Å². The monoisotopic (exact) mass is 441 g/mol. The lowest BCUT2D eigenvalue weighted by atomic mass is 10.1. The number of imidazole rings is 2. The SMILES string of the molecule is CC(=O)C(C)n1c(=O)c2c(nc3n(-c4ccc(C)cc4)c(-c4ccccc4)cn23)n(C)c1=O. The number of rotatable bonds is 4. The molecule has 0 aliphatic heterocycles. The van der Waals surface area contributed by atoms with E-state index in [9.17, 15) is 14.4 Å². The van der Waals surface area contributed by atoms with E-state index in [-0.39, 0.29) is 16.9 Å². The van der Waals surface area contributed by atoms with E-state index in [0.717, 1.165) is 27.1 Å². The molecule has 0 N–H and O–H groups in total. The molecule has 33 heavy (non-hydrogen) atoms. The molecule has 0 aliphatic rings. The Balaban J connectivity index is 1.94. The molecule has 0 saturated carbocycles. The number of hydrogen-bond donors (Lipinski definition) is 0. The van der Waals surface area contributed by atoms with Crippen LogP contribution in [-0.4, -0.2) is 28.9 Å². The highest BCUT2D eigenvalue weighted by Crippen LogP contribution is 2.29. The molecule has 166 valence electrons. The average Bonchev–Trinajstić information content (AvgIpc) is 3.35. The van der Waals surface area contributed by atoms with Gasteiger partial charge in [0.05, 0.1) is 11.7 Å². The molecule has 0 amide bonds. The molecule has 3 aromatic heterocycles. The number of hydrogen-bond acceptors (Lipinski definition) is 4. The summed E-state index contributed by atoms with van der Waals surface area (Å²) in [6.07, 6.45) is 1.86. The minimum Gasteiger partial charge on any atom is -0.298 e. The number of fused-ring (bicyclic) bond motifs is 3. The first kappa shape index (κ1) is 20.7. The van der Waals surface area contributed by atoms with E-state index >= 15 is 0 Å². The standard InChI is InChI=1S/C25H23N5O3/c1-15-10-12-19(13-11-15)30-20(18-8-6-5-7-9-18)14-28-21-22(26-24(28)30)27(4)25(33)29(23(21)32)16(2)17(3)31/h5-14,16H,1-4H3. The molecule has 5 rings (SSSR count). The smallest absolute Gasteiger partial charge is 0.298 e. The molecule has 0 aliphatic carbocycles. The van der Waals surface area contributed by atoms with Crippen LogP contribution in [0.15, 0.2) is 70.4 Å². The third kappa shape index (κ3) is 3.06. The van der Waals surface area contributed by atoms with Crippen molar-refractivity contribution in [3.05, 3.63) is 87.2 Å². The maximum absolute atomic E-state index is 13.5. The van der Waals surface area contributed by atoms with Crippen molar-refractivity contribution in [3.8, 4) is 16.9 Å². The third-order valence-electron chi connectivity index (χ3n) is 6.14. The second-order valence-electron chi connectivity index (χ2n) is 8.31. The highest BCUT2D eigenvalue weighted by atomic mass is 16.2. The normalized spacial score (nSPS) is 12.5. The highest BCUT2D eigenvalue weighted by molar-refractivity contribution is 5.82. The van der Waals surface area contributed by atoms with Crippen molar-refractivity contribution in [1.82, 2.24) is 23.1 Å². The van der Waals surface area contributed by atoms with Gasteiger partial charge >= 0.3 is 5.69 Å². The van der Waals surface area contributed by atoms with E-state index in [1.165, 1.54) is 11.5 Å². The Labute approximate surface area is 189 Å². The molecular weight excluding hydrogens is 418 g/mol. The van der Waals surface area contributed by atoms with E-state index in [1.54, 1.807) is 18.4 Å². The van der Waals surface area contributed by atoms with Crippen LogP contribution in [0, 0.1) is 6.92 Å². The lowest BCUT2D eigenvalue weighted by Gasteiger charge is -2.12. The van der Waals surface area contributed by atoms with Gasteiger partial charge < -0.3 is 0 Å². The molecule has 0 fully saturated rings. The molecule has 1 atom stereocenters. The molecule has 3 heterocycles. The summed E-state index contributed by atoms with van der Waals surface area (Å²) in [6, 6.07) is 17.0. The summed E-state index contributed by atoms with van der Waals surface area (Å²) in [5, 5.41) is 0. The van der Waals surface area contributed by atoms with Crippen molar-refractivity contribution in [3.63, 3.8) is 0 Å². The van der Waals surface area contributed by atoms with Crippen LogP contribution in [0.4, 0.5) is 0 Å². The second kappa shape index (κ2) is 7.44. The summed E-state index contributed by atoms with van der Waals surface area (Å²) in [5.41, 5.74) is 3.23. The van der Waals surface area contributed by atoms with Crippen molar-refractivity contribution >= 4 is 22.7 Å². The van der Waals surface area contributed by atoms with Crippen molar-refractivity contribution in [2.75, 3.05) is 0 Å². The Bertz CT molecular complexity index is 1650. The molecule has 5 aromatic rings. The molecule has 0 spiro atoms.